The highest BCUT2D eigenvalue weighted by Crippen LogP contribution is 2.19. The summed E-state index contributed by atoms with van der Waals surface area (Å²) in [5, 5.41) is 2.69. The van der Waals surface area contributed by atoms with Gasteiger partial charge in [0.25, 0.3) is 0 Å². The molecule has 1 aliphatic rings. The van der Waals surface area contributed by atoms with Crippen LogP contribution in [0, 0.1) is 12.8 Å². The number of aryl methyl sites for hydroxylation is 1. The van der Waals surface area contributed by atoms with Gasteiger partial charge in [-0.3, -0.25) is 4.79 Å². The molecule has 1 aromatic carbocycles. The molecule has 2 rings (SSSR count). The van der Waals surface area contributed by atoms with E-state index in [2.05, 4.69) is 10.0 Å². The molecule has 0 radical (unpaired) electrons. The van der Waals surface area contributed by atoms with E-state index in [9.17, 15) is 21.6 Å². The quantitative estimate of drug-likeness (QED) is 0.597. The SMILES string of the molecule is CCS(=O)(=O)N1CCC[C@H](C(=O)NCCNS(=O)(=O)c2ccc(C)cc2)C1. The second-order valence-electron chi connectivity index (χ2n) is 6.60. The molecule has 0 unspecified atom stereocenters. The van der Waals surface area contributed by atoms with Crippen molar-refractivity contribution in [2.45, 2.75) is 31.6 Å². The number of sulfonamides is 2. The number of amides is 1. The van der Waals surface area contributed by atoms with Gasteiger partial charge in [-0.05, 0) is 38.8 Å². The van der Waals surface area contributed by atoms with Gasteiger partial charge in [-0.15, -0.1) is 0 Å². The molecule has 1 fully saturated rings. The molecule has 1 atom stereocenters. The van der Waals surface area contributed by atoms with E-state index >= 15 is 0 Å². The zero-order valence-corrected chi connectivity index (χ0v) is 17.3. The van der Waals surface area contributed by atoms with Crippen LogP contribution in [0.3, 0.4) is 0 Å². The number of benzene rings is 1. The minimum absolute atomic E-state index is 0.0160. The molecular weight excluding hydrogens is 390 g/mol. The molecule has 0 spiro atoms. The molecule has 1 aliphatic heterocycles. The molecule has 0 aliphatic carbocycles. The Morgan fingerprint density at radius 1 is 1.15 bits per heavy atom. The second kappa shape index (κ2) is 9.13. The number of hydrogen-bond acceptors (Lipinski definition) is 5. The number of nitrogens with zero attached hydrogens (tertiary/aromatic N) is 1. The Bertz CT molecular complexity index is 851. The fourth-order valence-corrected chi connectivity index (χ4v) is 5.12. The average molecular weight is 418 g/mol. The first-order valence-electron chi connectivity index (χ1n) is 8.97. The summed E-state index contributed by atoms with van der Waals surface area (Å²) in [5.41, 5.74) is 0.966. The van der Waals surface area contributed by atoms with Gasteiger partial charge >= 0.3 is 0 Å². The summed E-state index contributed by atoms with van der Waals surface area (Å²) in [6.07, 6.45) is 1.26. The van der Waals surface area contributed by atoms with E-state index in [1.54, 1.807) is 19.1 Å². The molecule has 1 aromatic rings. The Hall–Kier alpha value is -1.49. The van der Waals surface area contributed by atoms with E-state index in [0.29, 0.717) is 19.4 Å². The fourth-order valence-electron chi connectivity index (χ4n) is 2.91. The molecule has 152 valence electrons. The van der Waals surface area contributed by atoms with Crippen LogP contribution in [0.5, 0.6) is 0 Å². The van der Waals surface area contributed by atoms with Crippen LogP contribution >= 0.6 is 0 Å². The van der Waals surface area contributed by atoms with Crippen LogP contribution in [0.2, 0.25) is 0 Å². The van der Waals surface area contributed by atoms with Crippen molar-refractivity contribution in [1.82, 2.24) is 14.3 Å². The summed E-state index contributed by atoms with van der Waals surface area (Å²) in [5.74, 6) is -0.642. The maximum absolute atomic E-state index is 12.3. The van der Waals surface area contributed by atoms with Gasteiger partial charge in [-0.2, -0.15) is 0 Å². The summed E-state index contributed by atoms with van der Waals surface area (Å²) in [4.78, 5) is 12.5. The van der Waals surface area contributed by atoms with Crippen molar-refractivity contribution in [3.63, 3.8) is 0 Å². The van der Waals surface area contributed by atoms with E-state index in [1.807, 2.05) is 6.92 Å². The van der Waals surface area contributed by atoms with Crippen molar-refractivity contribution >= 4 is 26.0 Å². The number of rotatable bonds is 8. The van der Waals surface area contributed by atoms with Crippen molar-refractivity contribution in [2.75, 3.05) is 31.9 Å². The second-order valence-corrected chi connectivity index (χ2v) is 10.6. The predicted octanol–water partition coefficient (Wildman–Crippen LogP) is 0.451. The highest BCUT2D eigenvalue weighted by molar-refractivity contribution is 7.89. The molecule has 0 bridgehead atoms. The molecule has 8 nitrogen and oxygen atoms in total. The van der Waals surface area contributed by atoms with Crippen molar-refractivity contribution in [1.29, 1.82) is 0 Å². The van der Waals surface area contributed by atoms with Gasteiger partial charge in [-0.1, -0.05) is 17.7 Å². The molecule has 1 heterocycles. The first-order chi connectivity index (χ1) is 12.7. The number of piperidine rings is 1. The molecule has 0 saturated carbocycles. The topological polar surface area (TPSA) is 113 Å². The van der Waals surface area contributed by atoms with Crippen LogP contribution in [-0.2, 0) is 24.8 Å². The number of carbonyl (C=O) groups is 1. The Morgan fingerprint density at radius 3 is 2.44 bits per heavy atom. The van der Waals surface area contributed by atoms with Gasteiger partial charge in [0.15, 0.2) is 0 Å². The largest absolute Gasteiger partial charge is 0.355 e. The van der Waals surface area contributed by atoms with Crippen molar-refractivity contribution in [3.05, 3.63) is 29.8 Å². The Kier molecular flexibility index (Phi) is 7.38. The third-order valence-electron chi connectivity index (χ3n) is 4.56. The van der Waals surface area contributed by atoms with Crippen LogP contribution in [-0.4, -0.2) is 59.0 Å². The lowest BCUT2D eigenvalue weighted by molar-refractivity contribution is -0.126. The van der Waals surface area contributed by atoms with Gasteiger partial charge in [0.1, 0.15) is 0 Å². The average Bonchev–Trinajstić information content (AvgIpc) is 2.65. The lowest BCUT2D eigenvalue weighted by Crippen LogP contribution is -2.46. The lowest BCUT2D eigenvalue weighted by Gasteiger charge is -2.30. The standard InChI is InChI=1S/C17H27N3O5S2/c1-3-26(22,23)20-12-4-5-15(13-20)17(21)18-10-11-19-27(24,25)16-8-6-14(2)7-9-16/h6-9,15,19H,3-5,10-13H2,1-2H3,(H,18,21)/t15-/m0/s1. The van der Waals surface area contributed by atoms with Gasteiger partial charge in [0.05, 0.1) is 16.6 Å². The summed E-state index contributed by atoms with van der Waals surface area (Å²) in [7, 11) is -6.92. The fraction of sp³-hybridized carbons (Fsp3) is 0.588. The Labute approximate surface area is 161 Å². The van der Waals surface area contributed by atoms with E-state index in [1.165, 1.54) is 16.4 Å². The highest BCUT2D eigenvalue weighted by atomic mass is 32.2. The number of carbonyl (C=O) groups excluding carboxylic acids is 1. The van der Waals surface area contributed by atoms with Gasteiger partial charge in [0, 0.05) is 26.2 Å². The monoisotopic (exact) mass is 417 g/mol. The van der Waals surface area contributed by atoms with E-state index in [-0.39, 0.29) is 36.2 Å². The van der Waals surface area contributed by atoms with Crippen LogP contribution in [0.15, 0.2) is 29.2 Å². The minimum Gasteiger partial charge on any atom is -0.355 e. The third-order valence-corrected chi connectivity index (χ3v) is 7.89. The van der Waals surface area contributed by atoms with E-state index in [4.69, 9.17) is 0 Å². The molecule has 2 N–H and O–H groups in total. The Morgan fingerprint density at radius 2 is 1.81 bits per heavy atom. The first kappa shape index (κ1) is 21.8. The van der Waals surface area contributed by atoms with Crippen LogP contribution in [0.1, 0.15) is 25.3 Å². The minimum atomic E-state index is -3.62. The molecular formula is C17H27N3O5S2. The van der Waals surface area contributed by atoms with Crippen molar-refractivity contribution in [3.8, 4) is 0 Å². The molecule has 1 saturated heterocycles. The van der Waals surface area contributed by atoms with Crippen molar-refractivity contribution < 1.29 is 21.6 Å². The maximum atomic E-state index is 12.3. The molecule has 27 heavy (non-hydrogen) atoms. The highest BCUT2D eigenvalue weighted by Gasteiger charge is 2.31. The lowest BCUT2D eigenvalue weighted by atomic mass is 9.99. The van der Waals surface area contributed by atoms with Gasteiger partial charge in [0.2, 0.25) is 26.0 Å². The summed E-state index contributed by atoms with van der Waals surface area (Å²) in [6, 6.07) is 6.49. The van der Waals surface area contributed by atoms with Crippen molar-refractivity contribution in [2.24, 2.45) is 5.92 Å². The predicted molar refractivity (Wildman–Crippen MR) is 103 cm³/mol. The zero-order valence-electron chi connectivity index (χ0n) is 15.6. The number of hydrogen-bond donors (Lipinski definition) is 2. The van der Waals surface area contributed by atoms with Gasteiger partial charge in [-0.25, -0.2) is 25.9 Å². The zero-order chi connectivity index (χ0) is 20.1. The Balaban J connectivity index is 1.81. The summed E-state index contributed by atoms with van der Waals surface area (Å²) >= 11 is 0. The maximum Gasteiger partial charge on any atom is 0.240 e. The van der Waals surface area contributed by atoms with Crippen LogP contribution in [0.4, 0.5) is 0 Å². The normalized spacial score (nSPS) is 19.0. The molecule has 0 aromatic heterocycles. The van der Waals surface area contributed by atoms with Crippen LogP contribution < -0.4 is 10.0 Å². The first-order valence-corrected chi connectivity index (χ1v) is 12.1. The molecule has 1 amide bonds. The van der Waals surface area contributed by atoms with Crippen LogP contribution in [0.25, 0.3) is 0 Å². The smallest absolute Gasteiger partial charge is 0.240 e. The summed E-state index contributed by atoms with van der Waals surface area (Å²) < 4.78 is 52.1. The third kappa shape index (κ3) is 6.00. The van der Waals surface area contributed by atoms with Gasteiger partial charge < -0.3 is 5.32 Å². The molecule has 10 heteroatoms. The van der Waals surface area contributed by atoms with E-state index in [0.717, 1.165) is 5.56 Å². The summed E-state index contributed by atoms with van der Waals surface area (Å²) in [6.45, 7) is 4.27. The van der Waals surface area contributed by atoms with E-state index < -0.39 is 26.0 Å². The number of nitrogens with one attached hydrogen (secondary N) is 2.